The molecule has 4 rings (SSSR count). The minimum absolute atomic E-state index is 0.0199. The lowest BCUT2D eigenvalue weighted by Crippen LogP contribution is -2.50. The Kier molecular flexibility index (Phi) is 12.3. The molecule has 0 bridgehead atoms. The maximum atomic E-state index is 15.3. The van der Waals surface area contributed by atoms with Crippen LogP contribution in [0.3, 0.4) is 0 Å². The molecule has 2 aromatic rings. The number of methoxy groups -OCH3 is 1. The summed E-state index contributed by atoms with van der Waals surface area (Å²) in [6.45, 7) is 0.204. The van der Waals surface area contributed by atoms with Crippen molar-refractivity contribution in [3.8, 4) is 12.3 Å². The molecule has 2 fully saturated rings. The number of amides is 2. The van der Waals surface area contributed by atoms with Crippen LogP contribution in [0.5, 0.6) is 0 Å². The van der Waals surface area contributed by atoms with E-state index in [0.29, 0.717) is 18.4 Å². The number of ether oxygens (including phenoxy) is 1. The molecule has 256 valence electrons. The molecule has 2 amide bonds. The van der Waals surface area contributed by atoms with Gasteiger partial charge >= 0.3 is 6.09 Å². The minimum Gasteiger partial charge on any atom is -0.453 e. The largest absolute Gasteiger partial charge is 0.453 e. The van der Waals surface area contributed by atoms with Gasteiger partial charge in [-0.25, -0.2) is 35.5 Å². The number of hydrogen-bond acceptors (Lipinski definition) is 6. The first-order valence-electron chi connectivity index (χ1n) is 15.6. The first-order chi connectivity index (χ1) is 22.3. The number of terminal acetylenes is 1. The Morgan fingerprint density at radius 1 is 1.11 bits per heavy atom. The molecule has 4 N–H and O–H groups in total. The lowest BCUT2D eigenvalue weighted by molar-refractivity contribution is -0.119. The highest BCUT2D eigenvalue weighted by Gasteiger charge is 2.43. The normalized spacial score (nSPS) is 22.7. The molecule has 0 aromatic heterocycles. The monoisotopic (exact) mass is 680 g/mol. The Hall–Kier alpha value is -3.67. The van der Waals surface area contributed by atoms with Gasteiger partial charge in [-0.1, -0.05) is 24.1 Å². The van der Waals surface area contributed by atoms with Crippen molar-refractivity contribution in [3.05, 3.63) is 65.2 Å². The third-order valence-electron chi connectivity index (χ3n) is 8.81. The van der Waals surface area contributed by atoms with E-state index in [0.717, 1.165) is 7.11 Å². The zero-order valence-corrected chi connectivity index (χ0v) is 26.9. The number of sulfonamides is 1. The van der Waals surface area contributed by atoms with Gasteiger partial charge in [-0.15, -0.1) is 6.42 Å². The van der Waals surface area contributed by atoms with Gasteiger partial charge in [-0.05, 0) is 74.3 Å². The molecule has 0 radical (unpaired) electrons. The molecular formula is C33H40F4N4O5S. The molecule has 4 atom stereocenters. The van der Waals surface area contributed by atoms with E-state index in [-0.39, 0.29) is 55.3 Å². The summed E-state index contributed by atoms with van der Waals surface area (Å²) in [7, 11) is -2.51. The summed E-state index contributed by atoms with van der Waals surface area (Å²) in [5.74, 6) is -3.67. The van der Waals surface area contributed by atoms with E-state index < -0.39 is 76.3 Å². The summed E-state index contributed by atoms with van der Waals surface area (Å²) < 4.78 is 90.1. The maximum Gasteiger partial charge on any atom is 0.407 e. The Bertz CT molecular complexity index is 1540. The van der Waals surface area contributed by atoms with Gasteiger partial charge in [0.05, 0.1) is 18.9 Å². The molecule has 1 aliphatic heterocycles. The van der Waals surface area contributed by atoms with Crippen molar-refractivity contribution < 1.29 is 40.3 Å². The van der Waals surface area contributed by atoms with E-state index in [1.165, 1.54) is 42.5 Å². The van der Waals surface area contributed by atoms with Crippen LogP contribution in [0.25, 0.3) is 0 Å². The fraction of sp³-hybridized carbons (Fsp3) is 0.515. The van der Waals surface area contributed by atoms with Crippen LogP contribution in [-0.4, -0.2) is 63.9 Å². The quantitative estimate of drug-likeness (QED) is 0.222. The third-order valence-corrected chi connectivity index (χ3v) is 10.3. The van der Waals surface area contributed by atoms with Crippen LogP contribution >= 0.6 is 0 Å². The van der Waals surface area contributed by atoms with E-state index in [9.17, 15) is 31.2 Å². The molecule has 1 aliphatic carbocycles. The van der Waals surface area contributed by atoms with Crippen LogP contribution in [0.2, 0.25) is 0 Å². The number of carbonyl (C=O) groups excluding carboxylic acids is 2. The number of hydrogen-bond donors (Lipinski definition) is 4. The van der Waals surface area contributed by atoms with E-state index in [4.69, 9.17) is 11.2 Å². The number of nitrogens with one attached hydrogen (secondary N) is 4. The van der Waals surface area contributed by atoms with Crippen LogP contribution in [0.1, 0.15) is 62.0 Å². The number of halogens is 4. The van der Waals surface area contributed by atoms with Crippen LogP contribution in [0.15, 0.2) is 42.5 Å². The highest BCUT2D eigenvalue weighted by Crippen LogP contribution is 2.44. The molecule has 1 saturated heterocycles. The second-order valence-corrected chi connectivity index (χ2v) is 14.0. The highest BCUT2D eigenvalue weighted by molar-refractivity contribution is 7.89. The second-order valence-electron chi connectivity index (χ2n) is 12.1. The average Bonchev–Trinajstić information content (AvgIpc) is 3.09. The van der Waals surface area contributed by atoms with Crippen molar-refractivity contribution in [2.75, 3.05) is 24.7 Å². The number of carbonyl (C=O) groups is 2. The molecule has 0 spiro atoms. The van der Waals surface area contributed by atoms with Crippen molar-refractivity contribution in [2.45, 2.75) is 81.3 Å². The first kappa shape index (κ1) is 36.2. The Labute approximate surface area is 272 Å². The van der Waals surface area contributed by atoms with Gasteiger partial charge in [0.2, 0.25) is 21.9 Å². The fourth-order valence-electron chi connectivity index (χ4n) is 6.33. The smallest absolute Gasteiger partial charge is 0.407 e. The van der Waals surface area contributed by atoms with Crippen molar-refractivity contribution >= 4 is 27.7 Å². The molecule has 47 heavy (non-hydrogen) atoms. The predicted molar refractivity (Wildman–Crippen MR) is 169 cm³/mol. The molecular weight excluding hydrogens is 640 g/mol. The third kappa shape index (κ3) is 10.2. The lowest BCUT2D eigenvalue weighted by atomic mass is 9.72. The summed E-state index contributed by atoms with van der Waals surface area (Å²) in [4.78, 5) is 26.5. The molecule has 2 aromatic carbocycles. The number of benzene rings is 2. The standard InChI is InChI=1S/C33H40F4N4O5S/c1-3-24-6-5-19-47(44,45)41-25(20-38-24)13-14-26-27(35)7-4-8-28(26)39-31(42)30(40-32(43)46-2)29(21-9-11-23(34)12-10-21)22-15-17-33(36,37)18-16-22/h1,4,7-12,22,24-25,29-30,38,41H,5-6,13-20H2,2H3,(H,39,42)(H,40,43)/t24?,25?,29-,30+/m1/s1. The highest BCUT2D eigenvalue weighted by atomic mass is 32.2. The number of alkyl halides is 2. The van der Waals surface area contributed by atoms with Crippen molar-refractivity contribution in [1.29, 1.82) is 0 Å². The summed E-state index contributed by atoms with van der Waals surface area (Å²) in [5.41, 5.74) is 0.629. The number of anilines is 1. The van der Waals surface area contributed by atoms with Gasteiger partial charge in [0.25, 0.3) is 0 Å². The van der Waals surface area contributed by atoms with Gasteiger partial charge in [0.1, 0.15) is 17.7 Å². The average molecular weight is 681 g/mol. The van der Waals surface area contributed by atoms with Crippen LogP contribution < -0.4 is 20.7 Å². The Morgan fingerprint density at radius 2 is 1.81 bits per heavy atom. The zero-order valence-electron chi connectivity index (χ0n) is 26.0. The Balaban J connectivity index is 1.61. The maximum absolute atomic E-state index is 15.3. The first-order valence-corrected chi connectivity index (χ1v) is 17.2. The van der Waals surface area contributed by atoms with Crippen LogP contribution in [0.4, 0.5) is 28.0 Å². The summed E-state index contributed by atoms with van der Waals surface area (Å²) >= 11 is 0. The van der Waals surface area contributed by atoms with Gasteiger partial charge in [0, 0.05) is 42.6 Å². The Morgan fingerprint density at radius 3 is 2.47 bits per heavy atom. The summed E-state index contributed by atoms with van der Waals surface area (Å²) in [6.07, 6.45) is 4.89. The van der Waals surface area contributed by atoms with Crippen LogP contribution in [-0.2, 0) is 26.0 Å². The van der Waals surface area contributed by atoms with Gasteiger partial charge in [-0.2, -0.15) is 0 Å². The molecule has 2 aliphatic rings. The van der Waals surface area contributed by atoms with Crippen molar-refractivity contribution in [2.24, 2.45) is 5.92 Å². The van der Waals surface area contributed by atoms with Gasteiger partial charge in [0.15, 0.2) is 0 Å². The SMILES string of the molecule is C#CC1CCCS(=O)(=O)NC(CCc2c(F)cccc2NC(=O)[C@@H](NC(=O)OC)[C@H](c2ccc(F)cc2)C2CCC(F)(F)CC2)CN1. The zero-order chi connectivity index (χ0) is 34.2. The van der Waals surface area contributed by atoms with Gasteiger partial charge in [-0.3, -0.25) is 4.79 Å². The van der Waals surface area contributed by atoms with E-state index in [1.807, 2.05) is 0 Å². The van der Waals surface area contributed by atoms with E-state index >= 15 is 4.39 Å². The molecule has 14 heteroatoms. The van der Waals surface area contributed by atoms with Crippen molar-refractivity contribution in [3.63, 3.8) is 0 Å². The molecule has 2 unspecified atom stereocenters. The van der Waals surface area contributed by atoms with Crippen molar-refractivity contribution in [1.82, 2.24) is 15.4 Å². The molecule has 1 saturated carbocycles. The minimum atomic E-state index is -3.62. The van der Waals surface area contributed by atoms with Crippen LogP contribution in [0, 0.1) is 29.9 Å². The van der Waals surface area contributed by atoms with E-state index in [2.05, 4.69) is 26.6 Å². The lowest BCUT2D eigenvalue weighted by Gasteiger charge is -2.37. The van der Waals surface area contributed by atoms with Gasteiger partial charge < -0.3 is 20.7 Å². The molecule has 1 heterocycles. The second kappa shape index (κ2) is 16.0. The summed E-state index contributed by atoms with van der Waals surface area (Å²) in [5, 5.41) is 8.38. The number of alkyl carbamates (subject to hydrolysis) is 1. The predicted octanol–water partition coefficient (Wildman–Crippen LogP) is 4.84. The molecule has 9 nitrogen and oxygen atoms in total. The topological polar surface area (TPSA) is 126 Å². The summed E-state index contributed by atoms with van der Waals surface area (Å²) in [6, 6.07) is 7.00. The number of rotatable bonds is 9. The fourth-order valence-corrected chi connectivity index (χ4v) is 7.70. The van der Waals surface area contributed by atoms with E-state index in [1.54, 1.807) is 0 Å².